The molecule has 1 N–H and O–H groups in total. The van der Waals surface area contributed by atoms with E-state index in [2.05, 4.69) is 32.2 Å². The van der Waals surface area contributed by atoms with Crippen LogP contribution in [0.3, 0.4) is 0 Å². The van der Waals surface area contributed by atoms with E-state index in [1.54, 1.807) is 38.6 Å². The number of anilines is 2. The Morgan fingerprint density at radius 3 is 2.47 bits per heavy atom. The van der Waals surface area contributed by atoms with Gasteiger partial charge in [-0.25, -0.2) is 4.98 Å². The van der Waals surface area contributed by atoms with E-state index in [1.165, 1.54) is 5.56 Å². The van der Waals surface area contributed by atoms with Gasteiger partial charge in [-0.2, -0.15) is 0 Å². The van der Waals surface area contributed by atoms with Crippen LogP contribution in [0.4, 0.5) is 11.5 Å². The molecular formula is C26H29ClN4O3. The zero-order chi connectivity index (χ0) is 23.9. The Kier molecular flexibility index (Phi) is 7.87. The zero-order valence-electron chi connectivity index (χ0n) is 19.5. The third-order valence-corrected chi connectivity index (χ3v) is 6.14. The molecule has 0 saturated carbocycles. The summed E-state index contributed by atoms with van der Waals surface area (Å²) >= 11 is 6.00. The summed E-state index contributed by atoms with van der Waals surface area (Å²) in [5.41, 5.74) is 2.39. The zero-order valence-corrected chi connectivity index (χ0v) is 20.2. The highest BCUT2D eigenvalue weighted by atomic mass is 35.5. The van der Waals surface area contributed by atoms with Crippen molar-refractivity contribution < 1.29 is 14.3 Å². The number of hydrogen-bond donors (Lipinski definition) is 1. The summed E-state index contributed by atoms with van der Waals surface area (Å²) in [6.07, 6.45) is 2.76. The number of hydrogen-bond acceptors (Lipinski definition) is 6. The van der Waals surface area contributed by atoms with Gasteiger partial charge >= 0.3 is 0 Å². The van der Waals surface area contributed by atoms with Crippen LogP contribution >= 0.6 is 11.6 Å². The average molecular weight is 481 g/mol. The Morgan fingerprint density at radius 1 is 0.971 bits per heavy atom. The standard InChI is InChI=1S/C26H29ClN4O3/c1-33-23-10-6-20(16-24(23)34-2)26(32)29-22-9-11-25(28-17-22)31-13-3-12-30(14-15-31)18-19-4-7-21(27)8-5-19/h4-11,16-17H,3,12-15,18H2,1-2H3,(H,29,32). The van der Waals surface area contributed by atoms with Gasteiger partial charge in [-0.15, -0.1) is 0 Å². The number of pyridine rings is 1. The first-order valence-electron chi connectivity index (χ1n) is 11.3. The van der Waals surface area contributed by atoms with Crippen LogP contribution in [-0.2, 0) is 6.54 Å². The van der Waals surface area contributed by atoms with Crippen molar-refractivity contribution in [3.05, 3.63) is 76.9 Å². The number of amides is 1. The van der Waals surface area contributed by atoms with Crippen LogP contribution in [0.25, 0.3) is 0 Å². The van der Waals surface area contributed by atoms with Crippen molar-refractivity contribution in [3.63, 3.8) is 0 Å². The van der Waals surface area contributed by atoms with Crippen molar-refractivity contribution in [1.82, 2.24) is 9.88 Å². The quantitative estimate of drug-likeness (QED) is 0.528. The summed E-state index contributed by atoms with van der Waals surface area (Å²) < 4.78 is 10.5. The van der Waals surface area contributed by atoms with Crippen molar-refractivity contribution in [2.75, 3.05) is 50.6 Å². The van der Waals surface area contributed by atoms with E-state index in [4.69, 9.17) is 21.1 Å². The van der Waals surface area contributed by atoms with Crippen LogP contribution in [-0.4, -0.2) is 56.2 Å². The van der Waals surface area contributed by atoms with E-state index in [1.807, 2.05) is 24.3 Å². The summed E-state index contributed by atoms with van der Waals surface area (Å²) in [7, 11) is 3.11. The third-order valence-electron chi connectivity index (χ3n) is 5.88. The predicted octanol–water partition coefficient (Wildman–Crippen LogP) is 4.72. The molecule has 34 heavy (non-hydrogen) atoms. The van der Waals surface area contributed by atoms with Gasteiger partial charge in [0.15, 0.2) is 11.5 Å². The fourth-order valence-corrected chi connectivity index (χ4v) is 4.16. The molecule has 0 aliphatic carbocycles. The molecule has 1 aliphatic heterocycles. The molecule has 8 heteroatoms. The van der Waals surface area contributed by atoms with E-state index in [9.17, 15) is 4.79 Å². The lowest BCUT2D eigenvalue weighted by atomic mass is 10.2. The molecule has 1 fully saturated rings. The van der Waals surface area contributed by atoms with Gasteiger partial charge < -0.3 is 19.7 Å². The second-order valence-electron chi connectivity index (χ2n) is 8.17. The van der Waals surface area contributed by atoms with Gasteiger partial charge in [-0.1, -0.05) is 23.7 Å². The van der Waals surface area contributed by atoms with Gasteiger partial charge in [0.05, 0.1) is 26.1 Å². The second kappa shape index (κ2) is 11.2. The van der Waals surface area contributed by atoms with Gasteiger partial charge in [-0.05, 0) is 54.4 Å². The molecule has 178 valence electrons. The number of carbonyl (C=O) groups excluding carboxylic acids is 1. The topological polar surface area (TPSA) is 66.9 Å². The Balaban J connectivity index is 1.34. The van der Waals surface area contributed by atoms with Gasteiger partial charge in [0.25, 0.3) is 5.91 Å². The normalized spacial score (nSPS) is 14.4. The number of benzene rings is 2. The molecule has 2 aromatic carbocycles. The van der Waals surface area contributed by atoms with Crippen molar-refractivity contribution in [2.45, 2.75) is 13.0 Å². The maximum absolute atomic E-state index is 12.7. The molecule has 1 amide bonds. The fraction of sp³-hybridized carbons (Fsp3) is 0.308. The number of methoxy groups -OCH3 is 2. The minimum Gasteiger partial charge on any atom is -0.493 e. The molecule has 1 saturated heterocycles. The number of nitrogens with zero attached hydrogens (tertiary/aromatic N) is 3. The molecule has 0 atom stereocenters. The Hall–Kier alpha value is -3.29. The smallest absolute Gasteiger partial charge is 0.255 e. The molecule has 0 radical (unpaired) electrons. The fourth-order valence-electron chi connectivity index (χ4n) is 4.03. The highest BCUT2D eigenvalue weighted by Crippen LogP contribution is 2.28. The summed E-state index contributed by atoms with van der Waals surface area (Å²) in [5, 5.41) is 3.66. The number of ether oxygens (including phenoxy) is 2. The lowest BCUT2D eigenvalue weighted by Gasteiger charge is -2.23. The summed E-state index contributed by atoms with van der Waals surface area (Å²) in [6.45, 7) is 4.76. The number of rotatable bonds is 7. The third kappa shape index (κ3) is 5.98. The molecule has 2 heterocycles. The van der Waals surface area contributed by atoms with Gasteiger partial charge in [0.2, 0.25) is 0 Å². The first-order valence-corrected chi connectivity index (χ1v) is 11.6. The number of nitrogens with one attached hydrogen (secondary N) is 1. The van der Waals surface area contributed by atoms with E-state index in [0.29, 0.717) is 22.7 Å². The first-order chi connectivity index (χ1) is 16.6. The maximum Gasteiger partial charge on any atom is 0.255 e. The van der Waals surface area contributed by atoms with Crippen LogP contribution < -0.4 is 19.7 Å². The van der Waals surface area contributed by atoms with Crippen LogP contribution in [0.1, 0.15) is 22.3 Å². The second-order valence-corrected chi connectivity index (χ2v) is 8.61. The summed E-state index contributed by atoms with van der Waals surface area (Å²) in [5.74, 6) is 1.77. The first kappa shape index (κ1) is 23.9. The molecule has 4 rings (SSSR count). The van der Waals surface area contributed by atoms with Crippen molar-refractivity contribution >= 4 is 29.0 Å². The molecule has 1 aromatic heterocycles. The molecule has 0 spiro atoms. The molecule has 3 aromatic rings. The lowest BCUT2D eigenvalue weighted by Crippen LogP contribution is -2.30. The number of halogens is 1. The Bertz CT molecular complexity index is 1110. The van der Waals surface area contributed by atoms with E-state index >= 15 is 0 Å². The summed E-state index contributed by atoms with van der Waals surface area (Å²) in [6, 6.07) is 17.0. The van der Waals surface area contributed by atoms with Crippen molar-refractivity contribution in [3.8, 4) is 11.5 Å². The van der Waals surface area contributed by atoms with Crippen LogP contribution in [0.15, 0.2) is 60.8 Å². The average Bonchev–Trinajstić information content (AvgIpc) is 3.11. The van der Waals surface area contributed by atoms with Gasteiger partial charge in [-0.3, -0.25) is 9.69 Å². The SMILES string of the molecule is COc1ccc(C(=O)Nc2ccc(N3CCCN(Cc4ccc(Cl)cc4)CC3)nc2)cc1OC. The Labute approximate surface area is 205 Å². The lowest BCUT2D eigenvalue weighted by molar-refractivity contribution is 0.102. The van der Waals surface area contributed by atoms with Gasteiger partial charge in [0, 0.05) is 43.3 Å². The van der Waals surface area contributed by atoms with E-state index in [-0.39, 0.29) is 5.91 Å². The minimum absolute atomic E-state index is 0.233. The highest BCUT2D eigenvalue weighted by molar-refractivity contribution is 6.30. The van der Waals surface area contributed by atoms with Crippen molar-refractivity contribution in [2.24, 2.45) is 0 Å². The number of carbonyl (C=O) groups is 1. The molecule has 7 nitrogen and oxygen atoms in total. The largest absolute Gasteiger partial charge is 0.493 e. The molecule has 1 aliphatic rings. The Morgan fingerprint density at radius 2 is 1.76 bits per heavy atom. The predicted molar refractivity (Wildman–Crippen MR) is 135 cm³/mol. The minimum atomic E-state index is -0.233. The van der Waals surface area contributed by atoms with E-state index < -0.39 is 0 Å². The summed E-state index contributed by atoms with van der Waals surface area (Å²) in [4.78, 5) is 22.0. The van der Waals surface area contributed by atoms with Crippen LogP contribution in [0.5, 0.6) is 11.5 Å². The van der Waals surface area contributed by atoms with Crippen molar-refractivity contribution in [1.29, 1.82) is 0 Å². The van der Waals surface area contributed by atoms with Crippen LogP contribution in [0, 0.1) is 0 Å². The maximum atomic E-state index is 12.7. The van der Waals surface area contributed by atoms with Gasteiger partial charge in [0.1, 0.15) is 5.82 Å². The molecular weight excluding hydrogens is 452 g/mol. The van der Waals surface area contributed by atoms with Crippen LogP contribution in [0.2, 0.25) is 5.02 Å². The number of aromatic nitrogens is 1. The van der Waals surface area contributed by atoms with E-state index in [0.717, 1.165) is 50.0 Å². The monoisotopic (exact) mass is 480 g/mol. The molecule has 0 unspecified atom stereocenters. The molecule has 0 bridgehead atoms. The highest BCUT2D eigenvalue weighted by Gasteiger charge is 2.17.